The van der Waals surface area contributed by atoms with E-state index in [4.69, 9.17) is 10.5 Å². The highest BCUT2D eigenvalue weighted by Gasteiger charge is 2.22. The first-order valence-corrected chi connectivity index (χ1v) is 7.52. The Balaban J connectivity index is 2.37. The quantitative estimate of drug-likeness (QED) is 0.847. The Labute approximate surface area is 119 Å². The van der Waals surface area contributed by atoms with Crippen LogP contribution in [0.15, 0.2) is 36.4 Å². The second-order valence-corrected chi connectivity index (χ2v) is 5.62. The summed E-state index contributed by atoms with van der Waals surface area (Å²) in [4.78, 5) is 2.72. The largest absolute Gasteiger partial charge is 0.372 e. The smallest absolute Gasteiger partial charge is 0.0958 e. The maximum absolute atomic E-state index is 5.78. The van der Waals surface area contributed by atoms with Crippen LogP contribution in [0.1, 0.15) is 35.3 Å². The Morgan fingerprint density at radius 1 is 1.47 bits per heavy atom. The highest BCUT2D eigenvalue weighted by atomic mass is 32.1. The van der Waals surface area contributed by atoms with Gasteiger partial charge >= 0.3 is 0 Å². The van der Waals surface area contributed by atoms with E-state index in [0.29, 0.717) is 6.54 Å². The van der Waals surface area contributed by atoms with Crippen LogP contribution in [0.2, 0.25) is 0 Å². The zero-order valence-corrected chi connectivity index (χ0v) is 12.4. The molecule has 19 heavy (non-hydrogen) atoms. The molecule has 1 aromatic rings. The lowest BCUT2D eigenvalue weighted by Crippen LogP contribution is -2.21. The molecule has 1 unspecified atom stereocenters. The molecule has 1 aromatic heterocycles. The van der Waals surface area contributed by atoms with E-state index < -0.39 is 0 Å². The molecule has 2 rings (SSSR count). The number of ether oxygens (including phenoxy) is 1. The van der Waals surface area contributed by atoms with Crippen molar-refractivity contribution in [2.75, 3.05) is 13.2 Å². The molecule has 0 amide bonds. The normalized spacial score (nSPS) is 20.4. The van der Waals surface area contributed by atoms with Gasteiger partial charge in [-0.15, -0.1) is 11.3 Å². The van der Waals surface area contributed by atoms with Gasteiger partial charge in [-0.3, -0.25) is 0 Å². The van der Waals surface area contributed by atoms with Gasteiger partial charge in [0.1, 0.15) is 0 Å². The summed E-state index contributed by atoms with van der Waals surface area (Å²) in [6.45, 7) is 5.41. The topological polar surface area (TPSA) is 35.2 Å². The first kappa shape index (κ1) is 14.3. The lowest BCUT2D eigenvalue weighted by atomic mass is 10.0. The van der Waals surface area contributed by atoms with Gasteiger partial charge in [0.25, 0.3) is 0 Å². The van der Waals surface area contributed by atoms with Gasteiger partial charge in [0, 0.05) is 22.7 Å². The highest BCUT2D eigenvalue weighted by Crippen LogP contribution is 2.36. The van der Waals surface area contributed by atoms with Gasteiger partial charge in [-0.1, -0.05) is 30.4 Å². The van der Waals surface area contributed by atoms with Gasteiger partial charge in [0.05, 0.1) is 12.7 Å². The van der Waals surface area contributed by atoms with E-state index in [-0.39, 0.29) is 6.10 Å². The van der Waals surface area contributed by atoms with Crippen LogP contribution >= 0.6 is 11.3 Å². The lowest BCUT2D eigenvalue weighted by Gasteiger charge is -2.21. The van der Waals surface area contributed by atoms with Gasteiger partial charge in [0.2, 0.25) is 0 Å². The minimum atomic E-state index is 0.0716. The Morgan fingerprint density at radius 3 is 3.00 bits per heavy atom. The van der Waals surface area contributed by atoms with Crippen molar-refractivity contribution in [3.05, 3.63) is 51.8 Å². The van der Waals surface area contributed by atoms with E-state index in [1.54, 1.807) is 0 Å². The summed E-state index contributed by atoms with van der Waals surface area (Å²) in [6.07, 6.45) is 11.6. The third kappa shape index (κ3) is 3.24. The Bertz CT molecular complexity index is 511. The standard InChI is InChI=1S/C16H21NOS/c1-3-5-7-12(6-4-2)16-10-13-14(11-17)18-9-8-15(13)19-16/h3-7,10,14H,8-9,11,17H2,1-2H3/b5-3+,6-4-,12-7+. The molecule has 2 N–H and O–H groups in total. The molecule has 1 aliphatic rings. The van der Waals surface area contributed by atoms with Gasteiger partial charge in [0.15, 0.2) is 0 Å². The highest BCUT2D eigenvalue weighted by molar-refractivity contribution is 7.13. The van der Waals surface area contributed by atoms with E-state index in [9.17, 15) is 0 Å². The van der Waals surface area contributed by atoms with E-state index in [1.165, 1.54) is 20.9 Å². The summed E-state index contributed by atoms with van der Waals surface area (Å²) in [7, 11) is 0. The van der Waals surface area contributed by atoms with Gasteiger partial charge in [-0.2, -0.15) is 0 Å². The molecule has 2 nitrogen and oxygen atoms in total. The number of hydrogen-bond donors (Lipinski definition) is 1. The van der Waals surface area contributed by atoms with Crippen molar-refractivity contribution in [3.8, 4) is 0 Å². The van der Waals surface area contributed by atoms with E-state index in [1.807, 2.05) is 31.3 Å². The molecule has 0 aromatic carbocycles. The molecule has 1 atom stereocenters. The zero-order chi connectivity index (χ0) is 13.7. The van der Waals surface area contributed by atoms with Crippen LogP contribution in [0.25, 0.3) is 5.57 Å². The number of nitrogens with two attached hydrogens (primary N) is 1. The SMILES string of the molecule is C\C=C/C(=C\C=C\C)c1cc2c(s1)CCOC2CN. The molecule has 102 valence electrons. The van der Waals surface area contributed by atoms with Gasteiger partial charge in [-0.25, -0.2) is 0 Å². The fourth-order valence-corrected chi connectivity index (χ4v) is 3.43. The Kier molecular flexibility index (Phi) is 5.14. The van der Waals surface area contributed by atoms with Crippen molar-refractivity contribution < 1.29 is 4.74 Å². The first-order chi connectivity index (χ1) is 9.30. The molecule has 2 heterocycles. The fraction of sp³-hybridized carbons (Fsp3) is 0.375. The molecule has 0 radical (unpaired) electrons. The van der Waals surface area contributed by atoms with Crippen molar-refractivity contribution in [3.63, 3.8) is 0 Å². The minimum absolute atomic E-state index is 0.0716. The number of hydrogen-bond acceptors (Lipinski definition) is 3. The second kappa shape index (κ2) is 6.85. The predicted octanol–water partition coefficient (Wildman–Crippen LogP) is 3.86. The number of allylic oxidation sites excluding steroid dienone is 6. The summed E-state index contributed by atoms with van der Waals surface area (Å²) < 4.78 is 5.72. The number of rotatable bonds is 4. The third-order valence-electron chi connectivity index (χ3n) is 3.15. The van der Waals surface area contributed by atoms with Crippen molar-refractivity contribution in [1.82, 2.24) is 0 Å². The number of fused-ring (bicyclic) bond motifs is 1. The Hall–Kier alpha value is -1.16. The fourth-order valence-electron chi connectivity index (χ4n) is 2.23. The van der Waals surface area contributed by atoms with Gasteiger partial charge < -0.3 is 10.5 Å². The summed E-state index contributed by atoms with van der Waals surface area (Å²) in [5.41, 5.74) is 8.31. The van der Waals surface area contributed by atoms with Crippen LogP contribution in [-0.4, -0.2) is 13.2 Å². The second-order valence-electron chi connectivity index (χ2n) is 4.48. The van der Waals surface area contributed by atoms with Crippen molar-refractivity contribution in [2.24, 2.45) is 5.73 Å². The van der Waals surface area contributed by atoms with Crippen LogP contribution in [0.3, 0.4) is 0 Å². The summed E-state index contributed by atoms with van der Waals surface area (Å²) in [5, 5.41) is 0. The lowest BCUT2D eigenvalue weighted by molar-refractivity contribution is 0.0498. The molecule has 0 spiro atoms. The summed E-state index contributed by atoms with van der Waals surface area (Å²) >= 11 is 1.86. The predicted molar refractivity (Wildman–Crippen MR) is 83.4 cm³/mol. The molecule has 0 aliphatic carbocycles. The molecular formula is C16H21NOS. The molecule has 0 bridgehead atoms. The molecule has 1 aliphatic heterocycles. The molecule has 3 heteroatoms. The van der Waals surface area contributed by atoms with Crippen LogP contribution in [-0.2, 0) is 11.2 Å². The van der Waals surface area contributed by atoms with Crippen LogP contribution in [0.5, 0.6) is 0 Å². The van der Waals surface area contributed by atoms with E-state index >= 15 is 0 Å². The third-order valence-corrected chi connectivity index (χ3v) is 4.41. The van der Waals surface area contributed by atoms with Crippen molar-refractivity contribution in [2.45, 2.75) is 26.4 Å². The zero-order valence-electron chi connectivity index (χ0n) is 11.6. The summed E-state index contributed by atoms with van der Waals surface area (Å²) in [6, 6.07) is 2.24. The maximum atomic E-state index is 5.78. The Morgan fingerprint density at radius 2 is 2.32 bits per heavy atom. The average molecular weight is 275 g/mol. The van der Waals surface area contributed by atoms with Gasteiger partial charge in [-0.05, 0) is 31.1 Å². The number of thiophene rings is 1. The monoisotopic (exact) mass is 275 g/mol. The molecule has 0 fully saturated rings. The van der Waals surface area contributed by atoms with Crippen molar-refractivity contribution in [1.29, 1.82) is 0 Å². The van der Waals surface area contributed by atoms with Crippen molar-refractivity contribution >= 4 is 16.9 Å². The molecule has 0 saturated heterocycles. The summed E-state index contributed by atoms with van der Waals surface area (Å²) in [5.74, 6) is 0. The van der Waals surface area contributed by atoms with Crippen LogP contribution < -0.4 is 5.73 Å². The molecular weight excluding hydrogens is 254 g/mol. The van der Waals surface area contributed by atoms with E-state index in [2.05, 4.69) is 30.4 Å². The minimum Gasteiger partial charge on any atom is -0.372 e. The first-order valence-electron chi connectivity index (χ1n) is 6.70. The van der Waals surface area contributed by atoms with Crippen LogP contribution in [0.4, 0.5) is 0 Å². The van der Waals surface area contributed by atoms with E-state index in [0.717, 1.165) is 13.0 Å². The maximum Gasteiger partial charge on any atom is 0.0958 e. The van der Waals surface area contributed by atoms with Crippen LogP contribution in [0, 0.1) is 0 Å². The molecule has 0 saturated carbocycles. The average Bonchev–Trinajstić information content (AvgIpc) is 2.87.